The van der Waals surface area contributed by atoms with Crippen LogP contribution in [-0.4, -0.2) is 5.91 Å². The van der Waals surface area contributed by atoms with Crippen LogP contribution >= 0.6 is 0 Å². The summed E-state index contributed by atoms with van der Waals surface area (Å²) in [7, 11) is 0. The van der Waals surface area contributed by atoms with Crippen molar-refractivity contribution < 1.29 is 4.79 Å². The summed E-state index contributed by atoms with van der Waals surface area (Å²) in [6.07, 6.45) is 0. The number of carbonyl (C=O) groups is 1. The summed E-state index contributed by atoms with van der Waals surface area (Å²) < 4.78 is 0. The molecule has 2 rings (SSSR count). The summed E-state index contributed by atoms with van der Waals surface area (Å²) in [5.74, 6) is -0.147. The third-order valence-electron chi connectivity index (χ3n) is 2.36. The smallest absolute Gasteiger partial charge is 0.221 e. The van der Waals surface area contributed by atoms with Crippen molar-refractivity contribution in [2.45, 2.75) is 6.92 Å². The van der Waals surface area contributed by atoms with Gasteiger partial charge in [-0.3, -0.25) is 4.79 Å². The first-order valence-electron chi connectivity index (χ1n) is 5.79. The summed E-state index contributed by atoms with van der Waals surface area (Å²) in [6, 6.07) is 14.3. The second-order valence-electron chi connectivity index (χ2n) is 3.99. The second-order valence-corrected chi connectivity index (χ2v) is 3.99. The molecule has 0 aliphatic heterocycles. The van der Waals surface area contributed by atoms with E-state index in [0.29, 0.717) is 22.7 Å². The zero-order chi connectivity index (χ0) is 13.7. The molecule has 19 heavy (non-hydrogen) atoms. The van der Waals surface area contributed by atoms with Crippen molar-refractivity contribution in [1.82, 2.24) is 0 Å². The molecule has 0 heterocycles. The van der Waals surface area contributed by atoms with Gasteiger partial charge in [0, 0.05) is 12.6 Å². The normalized spacial score (nSPS) is 10.6. The number of benzene rings is 2. The average molecular weight is 254 g/mol. The van der Waals surface area contributed by atoms with Crippen LogP contribution in [0.15, 0.2) is 58.8 Å². The van der Waals surface area contributed by atoms with Gasteiger partial charge in [0.2, 0.25) is 5.91 Å². The summed E-state index contributed by atoms with van der Waals surface area (Å²) in [4.78, 5) is 11.1. The average Bonchev–Trinajstić information content (AvgIpc) is 2.37. The van der Waals surface area contributed by atoms with Crippen LogP contribution in [-0.2, 0) is 4.79 Å². The Morgan fingerprint density at radius 1 is 1.11 bits per heavy atom. The number of carbonyl (C=O) groups excluding carboxylic acids is 1. The molecule has 0 aromatic heterocycles. The van der Waals surface area contributed by atoms with E-state index in [1.165, 1.54) is 6.92 Å². The lowest BCUT2D eigenvalue weighted by atomic mass is 10.2. The molecule has 0 aliphatic carbocycles. The zero-order valence-electron chi connectivity index (χ0n) is 10.5. The molecule has 2 aromatic carbocycles. The summed E-state index contributed by atoms with van der Waals surface area (Å²) >= 11 is 0. The highest BCUT2D eigenvalue weighted by molar-refractivity contribution is 5.91. The van der Waals surface area contributed by atoms with Crippen LogP contribution in [0.5, 0.6) is 0 Å². The molecule has 0 bridgehead atoms. The van der Waals surface area contributed by atoms with Gasteiger partial charge in [0.1, 0.15) is 5.69 Å². The number of nitrogens with two attached hydrogens (primary N) is 1. The molecule has 5 heteroatoms. The third-order valence-corrected chi connectivity index (χ3v) is 2.36. The Morgan fingerprint density at radius 3 is 2.63 bits per heavy atom. The molecule has 5 nitrogen and oxygen atoms in total. The van der Waals surface area contributed by atoms with Crippen molar-refractivity contribution >= 4 is 28.7 Å². The summed E-state index contributed by atoms with van der Waals surface area (Å²) in [6.45, 7) is 1.45. The molecule has 0 fully saturated rings. The van der Waals surface area contributed by atoms with Crippen molar-refractivity contribution in [3.63, 3.8) is 0 Å². The molecule has 0 saturated heterocycles. The van der Waals surface area contributed by atoms with Gasteiger partial charge in [0.15, 0.2) is 0 Å². The van der Waals surface area contributed by atoms with Crippen LogP contribution in [0.2, 0.25) is 0 Å². The summed E-state index contributed by atoms with van der Waals surface area (Å²) in [5, 5.41) is 10.9. The minimum absolute atomic E-state index is 0.147. The first kappa shape index (κ1) is 12.8. The molecular weight excluding hydrogens is 240 g/mol. The fourth-order valence-corrected chi connectivity index (χ4v) is 1.55. The van der Waals surface area contributed by atoms with Gasteiger partial charge < -0.3 is 11.1 Å². The number of anilines is 2. The number of nitrogen functional groups attached to an aromatic ring is 1. The fourth-order valence-electron chi connectivity index (χ4n) is 1.55. The highest BCUT2D eigenvalue weighted by Crippen LogP contribution is 2.26. The van der Waals surface area contributed by atoms with E-state index in [-0.39, 0.29) is 5.91 Å². The monoisotopic (exact) mass is 254 g/mol. The molecule has 96 valence electrons. The summed E-state index contributed by atoms with van der Waals surface area (Å²) in [5.41, 5.74) is 8.19. The predicted molar refractivity (Wildman–Crippen MR) is 75.8 cm³/mol. The lowest BCUT2D eigenvalue weighted by Crippen LogP contribution is -2.05. The van der Waals surface area contributed by atoms with E-state index in [1.54, 1.807) is 30.3 Å². The number of rotatable bonds is 3. The van der Waals surface area contributed by atoms with Crippen LogP contribution in [0.25, 0.3) is 0 Å². The number of para-hydroxylation sites is 1. The van der Waals surface area contributed by atoms with E-state index in [1.807, 2.05) is 18.2 Å². The van der Waals surface area contributed by atoms with Gasteiger partial charge in [0.25, 0.3) is 0 Å². The fraction of sp³-hybridized carbons (Fsp3) is 0.0714. The number of azo groups is 1. The van der Waals surface area contributed by atoms with E-state index >= 15 is 0 Å². The maximum absolute atomic E-state index is 11.1. The molecule has 0 atom stereocenters. The zero-order valence-corrected chi connectivity index (χ0v) is 10.5. The van der Waals surface area contributed by atoms with Crippen LogP contribution in [0.1, 0.15) is 6.92 Å². The maximum Gasteiger partial charge on any atom is 0.221 e. The predicted octanol–water partition coefficient (Wildman–Crippen LogP) is 3.64. The molecule has 0 spiro atoms. The third kappa shape index (κ3) is 3.64. The van der Waals surface area contributed by atoms with Crippen LogP contribution in [0.3, 0.4) is 0 Å². The molecular formula is C14H14N4O. The van der Waals surface area contributed by atoms with E-state index in [2.05, 4.69) is 15.5 Å². The minimum Gasteiger partial charge on any atom is -0.399 e. The first-order valence-corrected chi connectivity index (χ1v) is 5.79. The van der Waals surface area contributed by atoms with Crippen LogP contribution in [0, 0.1) is 0 Å². The SMILES string of the molecule is CC(=O)Nc1ccccc1N=Nc1cccc(N)c1. The number of hydrogen-bond donors (Lipinski definition) is 2. The van der Waals surface area contributed by atoms with E-state index < -0.39 is 0 Å². The van der Waals surface area contributed by atoms with E-state index in [9.17, 15) is 4.79 Å². The van der Waals surface area contributed by atoms with Crippen molar-refractivity contribution in [3.05, 3.63) is 48.5 Å². The number of hydrogen-bond acceptors (Lipinski definition) is 4. The lowest BCUT2D eigenvalue weighted by Gasteiger charge is -2.04. The van der Waals surface area contributed by atoms with Gasteiger partial charge in [-0.05, 0) is 30.3 Å². The highest BCUT2D eigenvalue weighted by Gasteiger charge is 2.01. The second kappa shape index (κ2) is 5.77. The minimum atomic E-state index is -0.147. The Kier molecular flexibility index (Phi) is 3.87. The maximum atomic E-state index is 11.1. The Morgan fingerprint density at radius 2 is 1.89 bits per heavy atom. The van der Waals surface area contributed by atoms with Gasteiger partial charge in [-0.1, -0.05) is 18.2 Å². The molecule has 0 radical (unpaired) electrons. The van der Waals surface area contributed by atoms with Crippen molar-refractivity contribution in [1.29, 1.82) is 0 Å². The number of nitrogens with one attached hydrogen (secondary N) is 1. The van der Waals surface area contributed by atoms with Crippen LogP contribution in [0.4, 0.5) is 22.7 Å². The van der Waals surface area contributed by atoms with Gasteiger partial charge in [0.05, 0.1) is 11.4 Å². The molecule has 0 aliphatic rings. The Bertz CT molecular complexity index is 622. The topological polar surface area (TPSA) is 79.8 Å². The molecule has 2 aromatic rings. The molecule has 0 saturated carbocycles. The van der Waals surface area contributed by atoms with Crippen LogP contribution < -0.4 is 11.1 Å². The van der Waals surface area contributed by atoms with Gasteiger partial charge in [-0.25, -0.2) is 0 Å². The Balaban J connectivity index is 2.25. The Labute approximate surface area is 111 Å². The molecule has 3 N–H and O–H groups in total. The molecule has 0 unspecified atom stereocenters. The quantitative estimate of drug-likeness (QED) is 0.647. The van der Waals surface area contributed by atoms with Crippen molar-refractivity contribution in [2.24, 2.45) is 10.2 Å². The van der Waals surface area contributed by atoms with E-state index in [0.717, 1.165) is 0 Å². The van der Waals surface area contributed by atoms with Crippen molar-refractivity contribution in [2.75, 3.05) is 11.1 Å². The van der Waals surface area contributed by atoms with Gasteiger partial charge in [-0.2, -0.15) is 5.11 Å². The van der Waals surface area contributed by atoms with Gasteiger partial charge >= 0.3 is 0 Å². The largest absolute Gasteiger partial charge is 0.399 e. The van der Waals surface area contributed by atoms with Crippen molar-refractivity contribution in [3.8, 4) is 0 Å². The number of nitrogens with zero attached hydrogens (tertiary/aromatic N) is 2. The number of amides is 1. The van der Waals surface area contributed by atoms with Gasteiger partial charge in [-0.15, -0.1) is 5.11 Å². The Hall–Kier alpha value is -2.69. The first-order chi connectivity index (χ1) is 9.15. The van der Waals surface area contributed by atoms with E-state index in [4.69, 9.17) is 5.73 Å². The lowest BCUT2D eigenvalue weighted by molar-refractivity contribution is -0.114. The highest BCUT2D eigenvalue weighted by atomic mass is 16.1. The molecule has 1 amide bonds. The standard InChI is InChI=1S/C14H14N4O/c1-10(19)16-13-7-2-3-8-14(13)18-17-12-6-4-5-11(15)9-12/h2-9H,15H2,1H3,(H,16,19).